The first-order valence-corrected chi connectivity index (χ1v) is 9.39. The Balaban J connectivity index is 1.69. The van der Waals surface area contributed by atoms with E-state index in [4.69, 9.17) is 9.31 Å². The summed E-state index contributed by atoms with van der Waals surface area (Å²) in [6.07, 6.45) is 0.118. The minimum absolute atomic E-state index is 0.118. The maximum atomic E-state index is 6.32. The molecule has 136 valence electrons. The lowest BCUT2D eigenvalue weighted by Crippen LogP contribution is -2.41. The van der Waals surface area contributed by atoms with E-state index >= 15 is 0 Å². The van der Waals surface area contributed by atoms with Gasteiger partial charge in [-0.05, 0) is 50.9 Å². The van der Waals surface area contributed by atoms with Crippen LogP contribution in [-0.4, -0.2) is 31.4 Å². The SMILES string of the molecule is CC1(C)OB(c2ccccc2C2NCCN2c2ccccc2)OC1(C)C. The van der Waals surface area contributed by atoms with Gasteiger partial charge in [0.25, 0.3) is 0 Å². The van der Waals surface area contributed by atoms with E-state index < -0.39 is 0 Å². The quantitative estimate of drug-likeness (QED) is 0.863. The van der Waals surface area contributed by atoms with Crippen molar-refractivity contribution in [3.8, 4) is 0 Å². The van der Waals surface area contributed by atoms with Gasteiger partial charge >= 0.3 is 7.12 Å². The molecule has 4 rings (SSSR count). The van der Waals surface area contributed by atoms with Crippen molar-refractivity contribution < 1.29 is 9.31 Å². The molecule has 2 aliphatic rings. The third-order valence-electron chi connectivity index (χ3n) is 5.89. The van der Waals surface area contributed by atoms with Gasteiger partial charge in [0.05, 0.1) is 11.2 Å². The summed E-state index contributed by atoms with van der Waals surface area (Å²) >= 11 is 0. The number of nitrogens with one attached hydrogen (secondary N) is 1. The van der Waals surface area contributed by atoms with Gasteiger partial charge in [-0.1, -0.05) is 42.5 Å². The second-order valence-electron chi connectivity index (χ2n) is 8.10. The molecule has 2 aliphatic heterocycles. The number of nitrogens with zero attached hydrogens (tertiary/aromatic N) is 1. The predicted octanol–water partition coefficient (Wildman–Crippen LogP) is 3.09. The minimum Gasteiger partial charge on any atom is -0.399 e. The maximum Gasteiger partial charge on any atom is 0.495 e. The Kier molecular flexibility index (Phi) is 4.34. The Hall–Kier alpha value is -1.82. The van der Waals surface area contributed by atoms with Gasteiger partial charge in [0.2, 0.25) is 0 Å². The summed E-state index contributed by atoms with van der Waals surface area (Å²) in [6.45, 7) is 10.3. The minimum atomic E-state index is -0.351. The van der Waals surface area contributed by atoms with E-state index in [1.807, 2.05) is 0 Å². The van der Waals surface area contributed by atoms with Crippen LogP contribution < -0.4 is 15.7 Å². The van der Waals surface area contributed by atoms with Crippen LogP contribution in [0, 0.1) is 0 Å². The molecule has 26 heavy (non-hydrogen) atoms. The molecule has 0 aromatic heterocycles. The summed E-state index contributed by atoms with van der Waals surface area (Å²) in [4.78, 5) is 2.41. The molecule has 5 heteroatoms. The van der Waals surface area contributed by atoms with Crippen LogP contribution in [0.3, 0.4) is 0 Å². The van der Waals surface area contributed by atoms with E-state index in [9.17, 15) is 0 Å². The zero-order valence-corrected chi connectivity index (χ0v) is 16.0. The molecular formula is C21H27BN2O2. The normalized spacial score (nSPS) is 24.2. The lowest BCUT2D eigenvalue weighted by Gasteiger charge is -2.32. The molecule has 0 saturated carbocycles. The number of benzene rings is 2. The molecule has 0 spiro atoms. The first kappa shape index (κ1) is 17.6. The smallest absolute Gasteiger partial charge is 0.399 e. The van der Waals surface area contributed by atoms with Crippen molar-refractivity contribution >= 4 is 18.3 Å². The fourth-order valence-corrected chi connectivity index (χ4v) is 3.68. The van der Waals surface area contributed by atoms with Crippen LogP contribution in [0.1, 0.15) is 39.4 Å². The molecule has 1 N–H and O–H groups in total. The van der Waals surface area contributed by atoms with Gasteiger partial charge in [0.1, 0.15) is 6.17 Å². The summed E-state index contributed by atoms with van der Waals surface area (Å²) in [5.41, 5.74) is 2.87. The van der Waals surface area contributed by atoms with E-state index in [1.165, 1.54) is 11.3 Å². The monoisotopic (exact) mass is 350 g/mol. The molecule has 1 atom stereocenters. The molecule has 2 fully saturated rings. The molecule has 1 unspecified atom stereocenters. The molecule has 2 aromatic rings. The van der Waals surface area contributed by atoms with E-state index in [0.29, 0.717) is 0 Å². The highest BCUT2D eigenvalue weighted by atomic mass is 16.7. The van der Waals surface area contributed by atoms with Gasteiger partial charge in [-0.3, -0.25) is 5.32 Å². The molecule has 4 nitrogen and oxygen atoms in total. The highest BCUT2D eigenvalue weighted by Crippen LogP contribution is 2.37. The van der Waals surface area contributed by atoms with Crippen LogP contribution in [-0.2, 0) is 9.31 Å². The van der Waals surface area contributed by atoms with Crippen LogP contribution in [0.4, 0.5) is 5.69 Å². The van der Waals surface area contributed by atoms with Crippen LogP contribution in [0.25, 0.3) is 0 Å². The third kappa shape index (κ3) is 2.94. The molecular weight excluding hydrogens is 323 g/mol. The Morgan fingerprint density at radius 3 is 2.23 bits per heavy atom. The van der Waals surface area contributed by atoms with Gasteiger partial charge in [0.15, 0.2) is 0 Å². The van der Waals surface area contributed by atoms with Gasteiger partial charge < -0.3 is 14.2 Å². The van der Waals surface area contributed by atoms with Crippen molar-refractivity contribution in [3.05, 3.63) is 60.2 Å². The first-order valence-electron chi connectivity index (χ1n) is 9.39. The molecule has 0 amide bonds. The van der Waals surface area contributed by atoms with E-state index in [2.05, 4.69) is 92.5 Å². The predicted molar refractivity (Wildman–Crippen MR) is 107 cm³/mol. The molecule has 2 heterocycles. The standard InChI is InChI=1S/C21H27BN2O2/c1-20(2)21(3,4)26-22(25-20)18-13-9-8-12-17(18)19-23-14-15-24(19)16-10-6-5-7-11-16/h5-13,19,23H,14-15H2,1-4H3. The highest BCUT2D eigenvalue weighted by Gasteiger charge is 2.52. The summed E-state index contributed by atoms with van der Waals surface area (Å²) < 4.78 is 12.6. The number of para-hydroxylation sites is 1. The van der Waals surface area contributed by atoms with Gasteiger partial charge in [0, 0.05) is 18.8 Å². The highest BCUT2D eigenvalue weighted by molar-refractivity contribution is 6.62. The summed E-state index contributed by atoms with van der Waals surface area (Å²) in [5.74, 6) is 0. The van der Waals surface area contributed by atoms with Crippen LogP contribution >= 0.6 is 0 Å². The number of hydrogen-bond acceptors (Lipinski definition) is 4. The third-order valence-corrected chi connectivity index (χ3v) is 5.89. The Morgan fingerprint density at radius 2 is 1.54 bits per heavy atom. The first-order chi connectivity index (χ1) is 12.4. The Morgan fingerprint density at radius 1 is 0.923 bits per heavy atom. The van der Waals surface area contributed by atoms with Crippen molar-refractivity contribution in [2.45, 2.75) is 45.1 Å². The van der Waals surface area contributed by atoms with Crippen molar-refractivity contribution in [1.29, 1.82) is 0 Å². The van der Waals surface area contributed by atoms with E-state index in [-0.39, 0.29) is 24.5 Å². The van der Waals surface area contributed by atoms with E-state index in [0.717, 1.165) is 18.6 Å². The number of hydrogen-bond donors (Lipinski definition) is 1. The lowest BCUT2D eigenvalue weighted by atomic mass is 9.75. The summed E-state index contributed by atoms with van der Waals surface area (Å²) in [6, 6.07) is 19.0. The molecule has 0 aliphatic carbocycles. The largest absolute Gasteiger partial charge is 0.495 e. The van der Waals surface area contributed by atoms with Crippen molar-refractivity contribution in [1.82, 2.24) is 5.32 Å². The Bertz CT molecular complexity index is 763. The fourth-order valence-electron chi connectivity index (χ4n) is 3.68. The zero-order valence-electron chi connectivity index (χ0n) is 16.0. The summed E-state index contributed by atoms with van der Waals surface area (Å²) in [5, 5.41) is 3.64. The van der Waals surface area contributed by atoms with Crippen molar-refractivity contribution in [3.63, 3.8) is 0 Å². The van der Waals surface area contributed by atoms with E-state index in [1.54, 1.807) is 0 Å². The number of rotatable bonds is 3. The van der Waals surface area contributed by atoms with Crippen LogP contribution in [0.5, 0.6) is 0 Å². The van der Waals surface area contributed by atoms with Gasteiger partial charge in [-0.15, -0.1) is 0 Å². The molecule has 2 saturated heterocycles. The van der Waals surface area contributed by atoms with Crippen molar-refractivity contribution in [2.24, 2.45) is 0 Å². The fraction of sp³-hybridized carbons (Fsp3) is 0.429. The average molecular weight is 350 g/mol. The topological polar surface area (TPSA) is 33.7 Å². The molecule has 0 radical (unpaired) electrons. The van der Waals surface area contributed by atoms with Crippen LogP contribution in [0.15, 0.2) is 54.6 Å². The van der Waals surface area contributed by atoms with Crippen LogP contribution in [0.2, 0.25) is 0 Å². The van der Waals surface area contributed by atoms with Gasteiger partial charge in [-0.2, -0.15) is 0 Å². The molecule has 0 bridgehead atoms. The second kappa shape index (κ2) is 6.41. The maximum absolute atomic E-state index is 6.32. The van der Waals surface area contributed by atoms with Gasteiger partial charge in [-0.25, -0.2) is 0 Å². The second-order valence-corrected chi connectivity index (χ2v) is 8.10. The number of anilines is 1. The average Bonchev–Trinajstić information content (AvgIpc) is 3.18. The lowest BCUT2D eigenvalue weighted by molar-refractivity contribution is 0.00578. The zero-order chi connectivity index (χ0) is 18.4. The molecule has 2 aromatic carbocycles. The summed E-state index contributed by atoms with van der Waals surface area (Å²) in [7, 11) is -0.351. The van der Waals surface area contributed by atoms with Crippen molar-refractivity contribution in [2.75, 3.05) is 18.0 Å². The Labute approximate surface area is 156 Å².